The van der Waals surface area contributed by atoms with Gasteiger partial charge in [-0.3, -0.25) is 0 Å². The number of ether oxygens (including phenoxy) is 1. The molecule has 1 aromatic carbocycles. The summed E-state index contributed by atoms with van der Waals surface area (Å²) in [6.07, 6.45) is 3.72. The fourth-order valence-corrected chi connectivity index (χ4v) is 4.91. The van der Waals surface area contributed by atoms with E-state index in [1.165, 1.54) is 35.5 Å². The first-order chi connectivity index (χ1) is 12.2. The Morgan fingerprint density at radius 3 is 2.80 bits per heavy atom. The Morgan fingerprint density at radius 1 is 1.28 bits per heavy atom. The number of benzene rings is 1. The van der Waals surface area contributed by atoms with Crippen molar-refractivity contribution < 1.29 is 14.7 Å². The lowest BCUT2D eigenvalue weighted by Crippen LogP contribution is -3.13. The van der Waals surface area contributed by atoms with Gasteiger partial charge in [-0.1, -0.05) is 23.5 Å². The summed E-state index contributed by atoms with van der Waals surface area (Å²) >= 11 is 1.53. The minimum Gasteiger partial charge on any atom is -0.497 e. The van der Waals surface area contributed by atoms with Crippen LogP contribution in [0.25, 0.3) is 4.96 Å². The molecule has 0 saturated carbocycles. The fraction of sp³-hybridized carbons (Fsp3) is 0.444. The van der Waals surface area contributed by atoms with Gasteiger partial charge in [-0.2, -0.15) is 4.52 Å². The van der Waals surface area contributed by atoms with Crippen molar-refractivity contribution in [1.82, 2.24) is 14.6 Å². The summed E-state index contributed by atoms with van der Waals surface area (Å²) in [5.74, 6) is 1.73. The average molecular weight is 359 g/mol. The van der Waals surface area contributed by atoms with E-state index in [1.54, 1.807) is 11.6 Å². The molecule has 4 rings (SSSR count). The molecule has 6 nitrogen and oxygen atoms in total. The lowest BCUT2D eigenvalue weighted by molar-refractivity contribution is -0.929. The second-order valence-electron chi connectivity index (χ2n) is 6.57. The minimum atomic E-state index is 0.0733. The Kier molecular flexibility index (Phi) is 4.35. The number of hydrogen-bond donors (Lipinski definition) is 2. The van der Waals surface area contributed by atoms with Crippen LogP contribution in [0.3, 0.4) is 0 Å². The highest BCUT2D eigenvalue weighted by molar-refractivity contribution is 7.17. The number of aromatic nitrogens is 3. The molecular formula is C18H23N4O2S+. The van der Waals surface area contributed by atoms with Crippen molar-refractivity contribution in [3.8, 4) is 11.6 Å². The molecule has 2 aromatic heterocycles. The van der Waals surface area contributed by atoms with E-state index in [2.05, 4.69) is 22.2 Å². The van der Waals surface area contributed by atoms with Crippen molar-refractivity contribution in [3.05, 3.63) is 40.5 Å². The van der Waals surface area contributed by atoms with Gasteiger partial charge in [-0.05, 0) is 38.3 Å². The second-order valence-corrected chi connectivity index (χ2v) is 7.58. The molecule has 1 fully saturated rings. The van der Waals surface area contributed by atoms with Gasteiger partial charge in [0.05, 0.1) is 20.2 Å². The van der Waals surface area contributed by atoms with E-state index in [0.29, 0.717) is 5.82 Å². The summed E-state index contributed by atoms with van der Waals surface area (Å²) in [4.78, 5) is 7.58. The molecule has 25 heavy (non-hydrogen) atoms. The molecule has 0 unspecified atom stereocenters. The number of nitrogens with zero attached hydrogens (tertiary/aromatic N) is 3. The van der Waals surface area contributed by atoms with Crippen LogP contribution in [-0.4, -0.2) is 39.9 Å². The number of rotatable bonds is 4. The molecule has 1 aliphatic rings. The molecule has 1 aliphatic heterocycles. The van der Waals surface area contributed by atoms with Crippen molar-refractivity contribution in [3.63, 3.8) is 0 Å². The number of thiazole rings is 1. The van der Waals surface area contributed by atoms with Crippen LogP contribution < -0.4 is 9.64 Å². The summed E-state index contributed by atoms with van der Waals surface area (Å²) in [5.41, 5.74) is 1.16. The van der Waals surface area contributed by atoms with Crippen LogP contribution in [0.4, 0.5) is 0 Å². The highest BCUT2D eigenvalue weighted by atomic mass is 32.1. The zero-order chi connectivity index (χ0) is 17.4. The predicted molar refractivity (Wildman–Crippen MR) is 96.7 cm³/mol. The van der Waals surface area contributed by atoms with Crippen LogP contribution in [0.1, 0.15) is 41.6 Å². The van der Waals surface area contributed by atoms with Crippen molar-refractivity contribution in [1.29, 1.82) is 0 Å². The maximum absolute atomic E-state index is 10.8. The van der Waals surface area contributed by atoms with Gasteiger partial charge in [-0.25, -0.2) is 4.98 Å². The molecule has 7 heteroatoms. The standard InChI is InChI=1S/C18H22N4O2S/c1-12-19-18-22(20-12)17(23)16(25-18)15(21-9-4-3-5-10-21)13-7-6-8-14(11-13)24-2/h6-8,11,15,23H,3-5,9-10H2,1-2H3/p+1/t15-/m1/s1. The van der Waals surface area contributed by atoms with Gasteiger partial charge in [0.15, 0.2) is 6.04 Å². The van der Waals surface area contributed by atoms with Crippen molar-refractivity contribution >= 4 is 16.3 Å². The normalized spacial score (nSPS) is 17.0. The summed E-state index contributed by atoms with van der Waals surface area (Å²) < 4.78 is 6.98. The SMILES string of the molecule is COc1cccc([C@H](c2sc3nc(C)nn3c2O)[NH+]2CCCCC2)c1. The van der Waals surface area contributed by atoms with Crippen molar-refractivity contribution in [2.45, 2.75) is 32.2 Å². The number of likely N-dealkylation sites (tertiary alicyclic amines) is 1. The van der Waals surface area contributed by atoms with E-state index in [9.17, 15) is 5.11 Å². The Hall–Kier alpha value is -2.12. The van der Waals surface area contributed by atoms with Gasteiger partial charge in [0, 0.05) is 5.56 Å². The molecule has 0 aliphatic carbocycles. The van der Waals surface area contributed by atoms with E-state index in [1.807, 2.05) is 19.1 Å². The Bertz CT molecular complexity index is 882. The monoisotopic (exact) mass is 359 g/mol. The lowest BCUT2D eigenvalue weighted by atomic mass is 10.00. The molecule has 0 amide bonds. The van der Waals surface area contributed by atoms with E-state index < -0.39 is 0 Å². The summed E-state index contributed by atoms with van der Waals surface area (Å²) in [7, 11) is 1.69. The minimum absolute atomic E-state index is 0.0733. The Labute approximate surface area is 150 Å². The van der Waals surface area contributed by atoms with Gasteiger partial charge in [0.1, 0.15) is 16.5 Å². The number of piperidine rings is 1. The second kappa shape index (κ2) is 6.65. The highest BCUT2D eigenvalue weighted by Crippen LogP contribution is 2.36. The van der Waals surface area contributed by atoms with Crippen LogP contribution in [0.5, 0.6) is 11.6 Å². The largest absolute Gasteiger partial charge is 0.497 e. The zero-order valence-electron chi connectivity index (χ0n) is 14.5. The number of aromatic hydroxyl groups is 1. The van der Waals surface area contributed by atoms with E-state index in [-0.39, 0.29) is 11.9 Å². The zero-order valence-corrected chi connectivity index (χ0v) is 15.3. The molecule has 3 heterocycles. The van der Waals surface area contributed by atoms with Gasteiger partial charge in [0.2, 0.25) is 10.8 Å². The third-order valence-electron chi connectivity index (χ3n) is 4.90. The number of nitrogens with one attached hydrogen (secondary N) is 1. The maximum atomic E-state index is 10.8. The van der Waals surface area contributed by atoms with Crippen LogP contribution >= 0.6 is 11.3 Å². The van der Waals surface area contributed by atoms with E-state index in [4.69, 9.17) is 4.74 Å². The average Bonchev–Trinajstić information content (AvgIpc) is 3.14. The highest BCUT2D eigenvalue weighted by Gasteiger charge is 2.33. The van der Waals surface area contributed by atoms with Crippen LogP contribution in [0, 0.1) is 6.92 Å². The maximum Gasteiger partial charge on any atom is 0.235 e. The van der Waals surface area contributed by atoms with Crippen molar-refractivity contribution in [2.75, 3.05) is 20.2 Å². The molecular weight excluding hydrogens is 336 g/mol. The van der Waals surface area contributed by atoms with Crippen molar-refractivity contribution in [2.24, 2.45) is 0 Å². The topological polar surface area (TPSA) is 64.1 Å². The third kappa shape index (κ3) is 2.98. The lowest BCUT2D eigenvalue weighted by Gasteiger charge is -2.31. The molecule has 132 valence electrons. The first-order valence-corrected chi connectivity index (χ1v) is 9.52. The van der Waals surface area contributed by atoms with Crippen LogP contribution in [0.15, 0.2) is 24.3 Å². The molecule has 1 atom stereocenters. The van der Waals surface area contributed by atoms with Gasteiger partial charge >= 0.3 is 0 Å². The van der Waals surface area contributed by atoms with E-state index in [0.717, 1.165) is 34.2 Å². The molecule has 1 saturated heterocycles. The van der Waals surface area contributed by atoms with Gasteiger partial charge < -0.3 is 14.7 Å². The molecule has 0 radical (unpaired) electrons. The van der Waals surface area contributed by atoms with Gasteiger partial charge in [0.25, 0.3) is 0 Å². The number of quaternary nitrogens is 1. The van der Waals surface area contributed by atoms with Crippen LogP contribution in [0.2, 0.25) is 0 Å². The number of fused-ring (bicyclic) bond motifs is 1. The summed E-state index contributed by atoms with van der Waals surface area (Å²) in [5, 5.41) is 15.1. The first kappa shape index (κ1) is 16.4. The summed E-state index contributed by atoms with van der Waals surface area (Å²) in [6.45, 7) is 4.05. The molecule has 0 spiro atoms. The molecule has 0 bridgehead atoms. The third-order valence-corrected chi connectivity index (χ3v) is 5.98. The first-order valence-electron chi connectivity index (χ1n) is 8.71. The predicted octanol–water partition coefficient (Wildman–Crippen LogP) is 1.97. The smallest absolute Gasteiger partial charge is 0.235 e. The van der Waals surface area contributed by atoms with E-state index >= 15 is 0 Å². The molecule has 2 N–H and O–H groups in total. The number of hydrogen-bond acceptors (Lipinski definition) is 5. The number of methoxy groups -OCH3 is 1. The quantitative estimate of drug-likeness (QED) is 0.748. The van der Waals surface area contributed by atoms with Crippen LogP contribution in [-0.2, 0) is 0 Å². The molecule has 3 aromatic rings. The Morgan fingerprint density at radius 2 is 2.08 bits per heavy atom. The van der Waals surface area contributed by atoms with Gasteiger partial charge in [-0.15, -0.1) is 5.10 Å². The summed E-state index contributed by atoms with van der Waals surface area (Å²) in [6, 6.07) is 8.24. The number of aryl methyl sites for hydroxylation is 1. The fourth-order valence-electron chi connectivity index (χ4n) is 3.72. The Balaban J connectivity index is 1.83.